The molecule has 0 unspecified atom stereocenters. The minimum absolute atomic E-state index is 0.0117. The van der Waals surface area contributed by atoms with Gasteiger partial charge in [-0.1, -0.05) is 30.3 Å². The van der Waals surface area contributed by atoms with E-state index in [1.807, 2.05) is 23.1 Å². The van der Waals surface area contributed by atoms with Crippen LogP contribution in [0, 0.1) is 17.6 Å². The Balaban J connectivity index is 1.11. The first-order valence-electron chi connectivity index (χ1n) is 13.4. The number of nitrogens with zero attached hydrogens (tertiary/aromatic N) is 5. The third kappa shape index (κ3) is 5.26. The number of rotatable bonds is 7. The first kappa shape index (κ1) is 25.2. The molecule has 3 aromatic heterocycles. The maximum Gasteiger partial charge on any atom is 0.259 e. The summed E-state index contributed by atoms with van der Waals surface area (Å²) in [6.45, 7) is 1.07. The Morgan fingerprint density at radius 3 is 2.56 bits per heavy atom. The molecule has 4 aromatic rings. The van der Waals surface area contributed by atoms with Crippen LogP contribution in [0.4, 0.5) is 14.6 Å². The number of hydrogen-bond acceptors (Lipinski definition) is 5. The standard InChI is InChI=1S/C30H29F2N5O2/c31-22-8-11-28-34-26(18-36(28)17-22)27(38)14-21-6-9-24(10-7-21)37-19-35(13-12-20-4-2-1-3-5-20)29-25(30(37)39)15-23(32)16-33-29/h1-5,8,11,15-18,21,24H,6-7,9-10,12-14,19H2. The Morgan fingerprint density at radius 2 is 1.77 bits per heavy atom. The topological polar surface area (TPSA) is 70.8 Å². The van der Waals surface area contributed by atoms with E-state index in [2.05, 4.69) is 27.0 Å². The highest BCUT2D eigenvalue weighted by Gasteiger charge is 2.37. The number of fused-ring (bicyclic) bond motifs is 2. The van der Waals surface area contributed by atoms with Crippen LogP contribution in [-0.4, -0.2) is 50.2 Å². The van der Waals surface area contributed by atoms with Crippen molar-refractivity contribution in [3.05, 3.63) is 95.6 Å². The predicted octanol–water partition coefficient (Wildman–Crippen LogP) is 5.30. The van der Waals surface area contributed by atoms with Crippen LogP contribution < -0.4 is 4.90 Å². The van der Waals surface area contributed by atoms with Crippen molar-refractivity contribution in [2.24, 2.45) is 5.92 Å². The molecule has 0 N–H and O–H groups in total. The van der Waals surface area contributed by atoms with Gasteiger partial charge in [0.2, 0.25) is 0 Å². The number of carbonyl (C=O) groups is 2. The van der Waals surface area contributed by atoms with Crippen molar-refractivity contribution in [1.82, 2.24) is 19.3 Å². The van der Waals surface area contributed by atoms with Gasteiger partial charge in [-0.2, -0.15) is 0 Å². The molecule has 0 saturated heterocycles. The van der Waals surface area contributed by atoms with Crippen molar-refractivity contribution in [2.75, 3.05) is 18.1 Å². The van der Waals surface area contributed by atoms with E-state index in [0.717, 1.165) is 32.1 Å². The van der Waals surface area contributed by atoms with E-state index in [0.29, 0.717) is 42.4 Å². The molecule has 6 rings (SSSR count). The summed E-state index contributed by atoms with van der Waals surface area (Å²) in [6.07, 6.45) is 8.35. The van der Waals surface area contributed by atoms with Gasteiger partial charge >= 0.3 is 0 Å². The maximum atomic E-state index is 14.1. The number of imidazole rings is 1. The molecule has 1 aliphatic heterocycles. The lowest BCUT2D eigenvalue weighted by atomic mass is 9.82. The fraction of sp³-hybridized carbons (Fsp3) is 0.333. The third-order valence-corrected chi connectivity index (χ3v) is 7.89. The van der Waals surface area contributed by atoms with Crippen molar-refractivity contribution in [3.8, 4) is 0 Å². The van der Waals surface area contributed by atoms with Gasteiger partial charge in [-0.3, -0.25) is 9.59 Å². The molecule has 0 bridgehead atoms. The van der Waals surface area contributed by atoms with Crippen LogP contribution >= 0.6 is 0 Å². The zero-order chi connectivity index (χ0) is 26.9. The van der Waals surface area contributed by atoms with Gasteiger partial charge in [-0.25, -0.2) is 18.7 Å². The van der Waals surface area contributed by atoms with Gasteiger partial charge in [0.05, 0.1) is 18.4 Å². The van der Waals surface area contributed by atoms with Crippen LogP contribution in [-0.2, 0) is 6.42 Å². The van der Waals surface area contributed by atoms with E-state index in [9.17, 15) is 18.4 Å². The lowest BCUT2D eigenvalue weighted by Gasteiger charge is -2.43. The van der Waals surface area contributed by atoms with Crippen molar-refractivity contribution in [1.29, 1.82) is 0 Å². The van der Waals surface area contributed by atoms with E-state index >= 15 is 0 Å². The number of anilines is 1. The Bertz CT molecular complexity index is 1510. The highest BCUT2D eigenvalue weighted by Crippen LogP contribution is 2.34. The molecule has 1 amide bonds. The second kappa shape index (κ2) is 10.6. The second-order valence-corrected chi connectivity index (χ2v) is 10.5. The van der Waals surface area contributed by atoms with Gasteiger partial charge in [0.15, 0.2) is 5.78 Å². The maximum absolute atomic E-state index is 14.1. The number of halogens is 2. The number of carbonyl (C=O) groups excluding carboxylic acids is 2. The van der Waals surface area contributed by atoms with Crippen LogP contribution in [0.25, 0.3) is 5.65 Å². The summed E-state index contributed by atoms with van der Waals surface area (Å²) in [7, 11) is 0. The predicted molar refractivity (Wildman–Crippen MR) is 143 cm³/mol. The van der Waals surface area contributed by atoms with Gasteiger partial charge in [-0.15, -0.1) is 0 Å². The average molecular weight is 530 g/mol. The van der Waals surface area contributed by atoms with E-state index < -0.39 is 5.82 Å². The number of hydrogen-bond donors (Lipinski definition) is 0. The quantitative estimate of drug-likeness (QED) is 0.304. The van der Waals surface area contributed by atoms with Gasteiger partial charge < -0.3 is 14.2 Å². The first-order chi connectivity index (χ1) is 18.9. The molecule has 200 valence electrons. The van der Waals surface area contributed by atoms with Crippen molar-refractivity contribution >= 4 is 23.2 Å². The number of aromatic nitrogens is 3. The molecule has 1 saturated carbocycles. The zero-order valence-electron chi connectivity index (χ0n) is 21.5. The molecule has 7 nitrogen and oxygen atoms in total. The van der Waals surface area contributed by atoms with Gasteiger partial charge in [0.1, 0.15) is 28.8 Å². The molecule has 1 aliphatic carbocycles. The Labute approximate surface area is 225 Å². The molecule has 39 heavy (non-hydrogen) atoms. The normalized spacial score (nSPS) is 19.4. The van der Waals surface area contributed by atoms with Crippen molar-refractivity contribution < 1.29 is 18.4 Å². The van der Waals surface area contributed by atoms with Crippen LogP contribution in [0.1, 0.15) is 58.5 Å². The summed E-state index contributed by atoms with van der Waals surface area (Å²) in [5, 5.41) is 0. The SMILES string of the molecule is O=C(CC1CCC(N2CN(CCc3ccccc3)c3ncc(F)cc3C2=O)CC1)c1cn2cc(F)ccc2n1. The summed E-state index contributed by atoms with van der Waals surface area (Å²) in [4.78, 5) is 38.9. The summed E-state index contributed by atoms with van der Waals surface area (Å²) in [6, 6.07) is 14.3. The lowest BCUT2D eigenvalue weighted by molar-refractivity contribution is 0.0580. The van der Waals surface area contributed by atoms with Crippen LogP contribution in [0.5, 0.6) is 0 Å². The Hall–Kier alpha value is -4.14. The first-order valence-corrected chi connectivity index (χ1v) is 13.4. The Kier molecular flexibility index (Phi) is 6.81. The van der Waals surface area contributed by atoms with Crippen LogP contribution in [0.3, 0.4) is 0 Å². The van der Waals surface area contributed by atoms with Crippen LogP contribution in [0.2, 0.25) is 0 Å². The molecule has 0 atom stereocenters. The number of benzene rings is 1. The molecule has 2 aliphatic rings. The third-order valence-electron chi connectivity index (χ3n) is 7.89. The minimum atomic E-state index is -0.524. The number of pyridine rings is 2. The Morgan fingerprint density at radius 1 is 0.974 bits per heavy atom. The molecule has 0 spiro atoms. The van der Waals surface area contributed by atoms with E-state index in [-0.39, 0.29) is 29.5 Å². The van der Waals surface area contributed by atoms with E-state index in [4.69, 9.17) is 0 Å². The van der Waals surface area contributed by atoms with E-state index in [1.165, 1.54) is 34.5 Å². The van der Waals surface area contributed by atoms with Gasteiger partial charge in [-0.05, 0) is 61.8 Å². The molecular formula is C30H29F2N5O2. The van der Waals surface area contributed by atoms with Crippen molar-refractivity contribution in [3.63, 3.8) is 0 Å². The average Bonchev–Trinajstić information content (AvgIpc) is 3.37. The largest absolute Gasteiger partial charge is 0.338 e. The van der Waals surface area contributed by atoms with E-state index in [1.54, 1.807) is 12.3 Å². The summed E-state index contributed by atoms with van der Waals surface area (Å²) in [5.41, 5.74) is 2.37. The summed E-state index contributed by atoms with van der Waals surface area (Å²) in [5.74, 6) is -0.437. The van der Waals surface area contributed by atoms with Gasteiger partial charge in [0.25, 0.3) is 5.91 Å². The number of ketones is 1. The van der Waals surface area contributed by atoms with Crippen LogP contribution in [0.15, 0.2) is 67.1 Å². The number of Topliss-reactive ketones (excluding diaryl/α,β-unsaturated/α-hetero) is 1. The molecule has 9 heteroatoms. The van der Waals surface area contributed by atoms with Crippen molar-refractivity contribution in [2.45, 2.75) is 44.6 Å². The minimum Gasteiger partial charge on any atom is -0.338 e. The lowest BCUT2D eigenvalue weighted by Crippen LogP contribution is -2.53. The summed E-state index contributed by atoms with van der Waals surface area (Å²) >= 11 is 0. The fourth-order valence-electron chi connectivity index (χ4n) is 5.80. The smallest absolute Gasteiger partial charge is 0.259 e. The van der Waals surface area contributed by atoms with Gasteiger partial charge in [0, 0.05) is 31.4 Å². The molecular weight excluding hydrogens is 500 g/mol. The zero-order valence-corrected chi connectivity index (χ0v) is 21.5. The number of amides is 1. The second-order valence-electron chi connectivity index (χ2n) is 10.5. The highest BCUT2D eigenvalue weighted by atomic mass is 19.1. The summed E-state index contributed by atoms with van der Waals surface area (Å²) < 4.78 is 29.1. The molecule has 1 fully saturated rings. The fourth-order valence-corrected chi connectivity index (χ4v) is 5.80. The highest BCUT2D eigenvalue weighted by molar-refractivity contribution is 6.00. The molecule has 1 aromatic carbocycles. The molecule has 0 radical (unpaired) electrons. The molecule has 4 heterocycles. The monoisotopic (exact) mass is 529 g/mol.